The molecule has 1 heterocycles. The lowest BCUT2D eigenvalue weighted by atomic mass is 9.98. The van der Waals surface area contributed by atoms with Gasteiger partial charge in [-0.1, -0.05) is 13.8 Å². The second kappa shape index (κ2) is 7.17. The van der Waals surface area contributed by atoms with Crippen LogP contribution >= 0.6 is 12.6 Å². The molecule has 0 saturated carbocycles. The summed E-state index contributed by atoms with van der Waals surface area (Å²) < 4.78 is 6.71. The lowest BCUT2D eigenvalue weighted by Crippen LogP contribution is -2.11. The minimum atomic E-state index is -0.0922. The molecule has 0 saturated heterocycles. The van der Waals surface area contributed by atoms with Crippen molar-refractivity contribution in [2.75, 3.05) is 12.5 Å². The van der Waals surface area contributed by atoms with Crippen molar-refractivity contribution in [1.29, 1.82) is 0 Å². The maximum absolute atomic E-state index is 10.3. The Balaban J connectivity index is 2.03. The molecule has 8 heteroatoms. The third-order valence-corrected chi connectivity index (χ3v) is 4.27. The van der Waals surface area contributed by atoms with Gasteiger partial charge in [-0.25, -0.2) is 4.68 Å². The average Bonchev–Trinajstić information content (AvgIpc) is 2.96. The molecule has 0 radical (unpaired) electrons. The molecule has 0 fully saturated rings. The van der Waals surface area contributed by atoms with Gasteiger partial charge in [0.15, 0.2) is 5.82 Å². The number of methoxy groups -OCH3 is 1. The Bertz CT molecular complexity index is 923. The Morgan fingerprint density at radius 2 is 1.77 bits per heavy atom. The van der Waals surface area contributed by atoms with Crippen molar-refractivity contribution < 1.29 is 14.9 Å². The summed E-state index contributed by atoms with van der Waals surface area (Å²) in [4.78, 5) is 0. The molecular weight excluding hydrogens is 352 g/mol. The molecule has 1 aromatic heterocycles. The van der Waals surface area contributed by atoms with Gasteiger partial charge in [0.2, 0.25) is 5.16 Å². The number of benzene rings is 2. The molecule has 26 heavy (non-hydrogen) atoms. The fourth-order valence-electron chi connectivity index (χ4n) is 2.58. The SMILES string of the molecule is COc1ccc(Nn2c(S)nnc2-c2cc(C(C)C)c(O)cc2O)cc1. The summed E-state index contributed by atoms with van der Waals surface area (Å²) >= 11 is 4.33. The van der Waals surface area contributed by atoms with Gasteiger partial charge in [-0.2, -0.15) is 0 Å². The topological polar surface area (TPSA) is 92.4 Å². The van der Waals surface area contributed by atoms with Crippen molar-refractivity contribution >= 4 is 18.3 Å². The Morgan fingerprint density at radius 1 is 1.08 bits per heavy atom. The van der Waals surface area contributed by atoms with Crippen LogP contribution in [0.15, 0.2) is 41.6 Å². The molecule has 0 bridgehead atoms. The van der Waals surface area contributed by atoms with Gasteiger partial charge >= 0.3 is 0 Å². The van der Waals surface area contributed by atoms with E-state index in [2.05, 4.69) is 28.3 Å². The number of thiol groups is 1. The molecule has 3 rings (SSSR count). The molecule has 3 aromatic rings. The van der Waals surface area contributed by atoms with E-state index in [1.807, 2.05) is 38.1 Å². The van der Waals surface area contributed by atoms with Crippen LogP contribution in [0.1, 0.15) is 25.3 Å². The van der Waals surface area contributed by atoms with Crippen molar-refractivity contribution in [3.63, 3.8) is 0 Å². The summed E-state index contributed by atoms with van der Waals surface area (Å²) in [6, 6.07) is 10.3. The van der Waals surface area contributed by atoms with Crippen LogP contribution in [-0.2, 0) is 0 Å². The Labute approximate surface area is 156 Å². The second-order valence-electron chi connectivity index (χ2n) is 6.08. The average molecular weight is 372 g/mol. The minimum absolute atomic E-state index is 0.0431. The zero-order valence-electron chi connectivity index (χ0n) is 14.6. The van der Waals surface area contributed by atoms with Crippen LogP contribution < -0.4 is 10.2 Å². The molecule has 0 atom stereocenters. The number of phenols is 2. The Morgan fingerprint density at radius 3 is 2.38 bits per heavy atom. The standard InChI is InChI=1S/C18H20N4O3S/c1-10(2)13-8-14(16(24)9-15(13)23)17-19-20-18(26)22(17)21-11-4-6-12(25-3)7-5-11/h4-10,21,23-24H,1-3H3,(H,20,26). The number of phenolic OH excluding ortho intramolecular Hbond substituents is 2. The van der Waals surface area contributed by atoms with E-state index in [-0.39, 0.29) is 17.4 Å². The number of aromatic nitrogens is 3. The van der Waals surface area contributed by atoms with E-state index in [0.29, 0.717) is 22.1 Å². The summed E-state index contributed by atoms with van der Waals surface area (Å²) in [5, 5.41) is 28.8. The maximum Gasteiger partial charge on any atom is 0.207 e. The lowest BCUT2D eigenvalue weighted by Gasteiger charge is -2.15. The number of nitrogens with one attached hydrogen (secondary N) is 1. The van der Waals surface area contributed by atoms with Crippen LogP contribution in [0, 0.1) is 0 Å². The zero-order valence-corrected chi connectivity index (χ0v) is 15.5. The van der Waals surface area contributed by atoms with E-state index < -0.39 is 0 Å². The number of hydrogen-bond donors (Lipinski definition) is 4. The van der Waals surface area contributed by atoms with Gasteiger partial charge in [-0.15, -0.1) is 22.8 Å². The molecule has 0 unspecified atom stereocenters. The van der Waals surface area contributed by atoms with Crippen molar-refractivity contribution in [3.8, 4) is 28.6 Å². The smallest absolute Gasteiger partial charge is 0.207 e. The minimum Gasteiger partial charge on any atom is -0.508 e. The van der Waals surface area contributed by atoms with Gasteiger partial charge in [0.25, 0.3) is 0 Å². The zero-order chi connectivity index (χ0) is 18.8. The number of nitrogens with zero attached hydrogens (tertiary/aromatic N) is 3. The molecule has 0 aliphatic heterocycles. The highest BCUT2D eigenvalue weighted by Crippen LogP contribution is 2.37. The van der Waals surface area contributed by atoms with E-state index in [1.54, 1.807) is 17.9 Å². The fourth-order valence-corrected chi connectivity index (χ4v) is 2.77. The van der Waals surface area contributed by atoms with Gasteiger partial charge in [-0.3, -0.25) is 5.43 Å². The van der Waals surface area contributed by atoms with Crippen molar-refractivity contribution in [1.82, 2.24) is 14.9 Å². The monoisotopic (exact) mass is 372 g/mol. The quantitative estimate of drug-likeness (QED) is 0.511. The van der Waals surface area contributed by atoms with Crippen molar-refractivity contribution in [3.05, 3.63) is 42.0 Å². The van der Waals surface area contributed by atoms with Crippen molar-refractivity contribution in [2.45, 2.75) is 24.9 Å². The molecule has 0 amide bonds. The maximum atomic E-state index is 10.3. The van der Waals surface area contributed by atoms with Gasteiger partial charge in [-0.05, 0) is 41.8 Å². The number of rotatable bonds is 5. The summed E-state index contributed by atoms with van der Waals surface area (Å²) in [6.45, 7) is 3.92. The van der Waals surface area contributed by atoms with Crippen LogP contribution in [-0.4, -0.2) is 32.2 Å². The first kappa shape index (κ1) is 17.9. The summed E-state index contributed by atoms with van der Waals surface area (Å²) in [7, 11) is 1.60. The van der Waals surface area contributed by atoms with E-state index in [1.165, 1.54) is 6.07 Å². The van der Waals surface area contributed by atoms with Crippen LogP contribution in [0.4, 0.5) is 5.69 Å². The summed E-state index contributed by atoms with van der Waals surface area (Å²) in [6.07, 6.45) is 0. The largest absolute Gasteiger partial charge is 0.508 e. The number of anilines is 1. The second-order valence-corrected chi connectivity index (χ2v) is 6.48. The highest BCUT2D eigenvalue weighted by molar-refractivity contribution is 7.80. The first-order chi connectivity index (χ1) is 12.4. The number of hydrogen-bond acceptors (Lipinski definition) is 7. The van der Waals surface area contributed by atoms with Crippen LogP contribution in [0.3, 0.4) is 0 Å². The first-order valence-corrected chi connectivity index (χ1v) is 8.47. The van der Waals surface area contributed by atoms with E-state index in [9.17, 15) is 10.2 Å². The van der Waals surface area contributed by atoms with Crippen molar-refractivity contribution in [2.24, 2.45) is 0 Å². The molecule has 0 aliphatic carbocycles. The van der Waals surface area contributed by atoms with E-state index in [4.69, 9.17) is 4.74 Å². The van der Waals surface area contributed by atoms with Gasteiger partial charge in [0.1, 0.15) is 17.2 Å². The van der Waals surface area contributed by atoms with E-state index >= 15 is 0 Å². The van der Waals surface area contributed by atoms with Crippen LogP contribution in [0.25, 0.3) is 11.4 Å². The Hall–Kier alpha value is -2.87. The van der Waals surface area contributed by atoms with E-state index in [0.717, 1.165) is 11.4 Å². The summed E-state index contributed by atoms with van der Waals surface area (Å²) in [5.74, 6) is 1.15. The molecule has 3 N–H and O–H groups in total. The van der Waals surface area contributed by atoms with Gasteiger partial charge in [0.05, 0.1) is 18.4 Å². The fraction of sp³-hybridized carbons (Fsp3) is 0.222. The predicted octanol–water partition coefficient (Wildman–Crippen LogP) is 3.65. The van der Waals surface area contributed by atoms with Crippen LogP contribution in [0.2, 0.25) is 0 Å². The third-order valence-electron chi connectivity index (χ3n) is 3.98. The van der Waals surface area contributed by atoms with Gasteiger partial charge < -0.3 is 14.9 Å². The highest BCUT2D eigenvalue weighted by Gasteiger charge is 2.19. The third kappa shape index (κ3) is 3.41. The molecular formula is C18H20N4O3S. The molecule has 0 spiro atoms. The highest BCUT2D eigenvalue weighted by atomic mass is 32.1. The molecule has 7 nitrogen and oxygen atoms in total. The summed E-state index contributed by atoms with van der Waals surface area (Å²) in [5.41, 5.74) is 5.07. The van der Waals surface area contributed by atoms with Gasteiger partial charge in [0, 0.05) is 6.07 Å². The molecule has 136 valence electrons. The Kier molecular flexibility index (Phi) is 4.94. The lowest BCUT2D eigenvalue weighted by molar-refractivity contribution is 0.415. The number of ether oxygens (including phenoxy) is 1. The molecule has 2 aromatic carbocycles. The predicted molar refractivity (Wildman–Crippen MR) is 102 cm³/mol. The number of aromatic hydroxyl groups is 2. The molecule has 0 aliphatic rings. The first-order valence-electron chi connectivity index (χ1n) is 8.02. The van der Waals surface area contributed by atoms with Crippen LogP contribution in [0.5, 0.6) is 17.2 Å². The normalized spacial score (nSPS) is 11.0.